The third-order valence-corrected chi connectivity index (χ3v) is 2.76. The fourth-order valence-electron chi connectivity index (χ4n) is 1.89. The van der Waals surface area contributed by atoms with Gasteiger partial charge in [-0.3, -0.25) is 4.79 Å². The molecule has 0 saturated carbocycles. The van der Waals surface area contributed by atoms with E-state index in [-0.39, 0.29) is 11.9 Å². The highest BCUT2D eigenvalue weighted by atomic mass is 16.5. The number of furan rings is 1. The number of hydrogen-bond acceptors (Lipinski definition) is 3. The fraction of sp³-hybridized carbons (Fsp3) is 0.583. The van der Waals surface area contributed by atoms with Crippen molar-refractivity contribution in [3.63, 3.8) is 0 Å². The summed E-state index contributed by atoms with van der Waals surface area (Å²) < 4.78 is 10.6. The van der Waals surface area contributed by atoms with Crippen LogP contribution in [0.4, 0.5) is 0 Å². The molecule has 82 valence electrons. The van der Waals surface area contributed by atoms with E-state index in [1.54, 1.807) is 12.1 Å². The number of Topliss-reactive ketones (excluding diaryl/α,β-unsaturated/α-hetero) is 1. The van der Waals surface area contributed by atoms with Crippen molar-refractivity contribution in [1.29, 1.82) is 0 Å². The Bertz CT molecular complexity index is 297. The number of ether oxygens (including phenoxy) is 1. The summed E-state index contributed by atoms with van der Waals surface area (Å²) in [4.78, 5) is 11.6. The predicted molar refractivity (Wildman–Crippen MR) is 55.9 cm³/mol. The Kier molecular flexibility index (Phi) is 3.56. The Balaban J connectivity index is 1.75. The van der Waals surface area contributed by atoms with Gasteiger partial charge in [0.2, 0.25) is 0 Å². The highest BCUT2D eigenvalue weighted by molar-refractivity contribution is 5.93. The van der Waals surface area contributed by atoms with E-state index in [0.717, 1.165) is 25.9 Å². The number of carbonyl (C=O) groups is 1. The number of carbonyl (C=O) groups excluding carboxylic acids is 1. The van der Waals surface area contributed by atoms with E-state index >= 15 is 0 Å². The molecule has 1 fully saturated rings. The fourth-order valence-corrected chi connectivity index (χ4v) is 1.89. The molecule has 1 aliphatic rings. The van der Waals surface area contributed by atoms with Gasteiger partial charge in [0.25, 0.3) is 0 Å². The van der Waals surface area contributed by atoms with Crippen molar-refractivity contribution in [2.24, 2.45) is 0 Å². The molecule has 1 aromatic heterocycles. The van der Waals surface area contributed by atoms with E-state index in [0.29, 0.717) is 12.2 Å². The van der Waals surface area contributed by atoms with Crippen LogP contribution >= 0.6 is 0 Å². The summed E-state index contributed by atoms with van der Waals surface area (Å²) in [6, 6.07) is 3.45. The normalized spacial score (nSPS) is 21.5. The molecule has 2 heterocycles. The van der Waals surface area contributed by atoms with Crippen molar-refractivity contribution in [1.82, 2.24) is 0 Å². The van der Waals surface area contributed by atoms with Gasteiger partial charge in [-0.1, -0.05) is 0 Å². The molecule has 1 aromatic rings. The van der Waals surface area contributed by atoms with E-state index in [1.807, 2.05) is 0 Å². The van der Waals surface area contributed by atoms with Gasteiger partial charge in [0.1, 0.15) is 0 Å². The van der Waals surface area contributed by atoms with Crippen molar-refractivity contribution in [2.45, 2.75) is 38.2 Å². The molecule has 1 unspecified atom stereocenters. The molecule has 0 aliphatic carbocycles. The second kappa shape index (κ2) is 5.12. The van der Waals surface area contributed by atoms with Crippen molar-refractivity contribution in [2.75, 3.05) is 6.61 Å². The van der Waals surface area contributed by atoms with E-state index < -0.39 is 0 Å². The second-order valence-corrected chi connectivity index (χ2v) is 3.93. The standard InChI is InChI=1S/C12H16O3/c13-11(12-5-3-9-15-12)7-6-10-4-1-2-8-14-10/h3,5,9-10H,1-2,4,6-8H2. The van der Waals surface area contributed by atoms with Crippen LogP contribution < -0.4 is 0 Å². The minimum Gasteiger partial charge on any atom is -0.461 e. The lowest BCUT2D eigenvalue weighted by Crippen LogP contribution is -2.19. The molecule has 0 N–H and O–H groups in total. The SMILES string of the molecule is O=C(CCC1CCCCO1)c1ccco1. The Morgan fingerprint density at radius 3 is 3.07 bits per heavy atom. The molecule has 0 aromatic carbocycles. The summed E-state index contributed by atoms with van der Waals surface area (Å²) in [5.74, 6) is 0.542. The zero-order chi connectivity index (χ0) is 10.5. The molecule has 1 atom stereocenters. The van der Waals surface area contributed by atoms with Crippen molar-refractivity contribution in [3.05, 3.63) is 24.2 Å². The van der Waals surface area contributed by atoms with Gasteiger partial charge in [-0.2, -0.15) is 0 Å². The summed E-state index contributed by atoms with van der Waals surface area (Å²) in [5.41, 5.74) is 0. The summed E-state index contributed by atoms with van der Waals surface area (Å²) in [7, 11) is 0. The lowest BCUT2D eigenvalue weighted by atomic mass is 10.0. The predicted octanol–water partition coefficient (Wildman–Crippen LogP) is 2.81. The zero-order valence-electron chi connectivity index (χ0n) is 8.78. The summed E-state index contributed by atoms with van der Waals surface area (Å²) >= 11 is 0. The molecule has 3 heteroatoms. The molecule has 0 radical (unpaired) electrons. The average Bonchev–Trinajstić information content (AvgIpc) is 2.81. The minimum atomic E-state index is 0.0779. The van der Waals surface area contributed by atoms with E-state index in [4.69, 9.17) is 9.15 Å². The maximum Gasteiger partial charge on any atom is 0.198 e. The Hall–Kier alpha value is -1.09. The number of hydrogen-bond donors (Lipinski definition) is 0. The second-order valence-electron chi connectivity index (χ2n) is 3.93. The van der Waals surface area contributed by atoms with E-state index in [1.165, 1.54) is 12.7 Å². The van der Waals surface area contributed by atoms with Gasteiger partial charge in [0.15, 0.2) is 11.5 Å². The van der Waals surface area contributed by atoms with Gasteiger partial charge in [-0.05, 0) is 37.8 Å². The Morgan fingerprint density at radius 2 is 2.40 bits per heavy atom. The first-order valence-corrected chi connectivity index (χ1v) is 5.54. The topological polar surface area (TPSA) is 39.4 Å². The molecule has 2 rings (SSSR count). The zero-order valence-corrected chi connectivity index (χ0v) is 8.78. The molecule has 0 amide bonds. The Morgan fingerprint density at radius 1 is 1.47 bits per heavy atom. The molecule has 1 saturated heterocycles. The van der Waals surface area contributed by atoms with Crippen LogP contribution in [0.15, 0.2) is 22.8 Å². The lowest BCUT2D eigenvalue weighted by Gasteiger charge is -2.21. The van der Waals surface area contributed by atoms with Gasteiger partial charge in [0, 0.05) is 13.0 Å². The van der Waals surface area contributed by atoms with Crippen LogP contribution in [0.2, 0.25) is 0 Å². The van der Waals surface area contributed by atoms with Gasteiger partial charge in [0.05, 0.1) is 12.4 Å². The van der Waals surface area contributed by atoms with Crippen LogP contribution in [0.25, 0.3) is 0 Å². The molecule has 0 spiro atoms. The largest absolute Gasteiger partial charge is 0.461 e. The minimum absolute atomic E-state index is 0.0779. The molecule has 3 nitrogen and oxygen atoms in total. The number of rotatable bonds is 4. The van der Waals surface area contributed by atoms with Gasteiger partial charge < -0.3 is 9.15 Å². The van der Waals surface area contributed by atoms with Crippen LogP contribution in [0.3, 0.4) is 0 Å². The van der Waals surface area contributed by atoms with Gasteiger partial charge in [-0.25, -0.2) is 0 Å². The summed E-state index contributed by atoms with van der Waals surface area (Å²) in [6.07, 6.45) is 6.62. The van der Waals surface area contributed by atoms with Crippen LogP contribution in [-0.4, -0.2) is 18.5 Å². The maximum atomic E-state index is 11.6. The average molecular weight is 208 g/mol. The summed E-state index contributed by atoms with van der Waals surface area (Å²) in [6.45, 7) is 0.847. The van der Waals surface area contributed by atoms with Gasteiger partial charge in [-0.15, -0.1) is 0 Å². The van der Waals surface area contributed by atoms with Crippen LogP contribution in [0, 0.1) is 0 Å². The highest BCUT2D eigenvalue weighted by Gasteiger charge is 2.16. The monoisotopic (exact) mass is 208 g/mol. The molecular weight excluding hydrogens is 192 g/mol. The lowest BCUT2D eigenvalue weighted by molar-refractivity contribution is 0.0103. The van der Waals surface area contributed by atoms with Crippen LogP contribution in [0.5, 0.6) is 0 Å². The smallest absolute Gasteiger partial charge is 0.198 e. The van der Waals surface area contributed by atoms with E-state index in [2.05, 4.69) is 0 Å². The first kappa shape index (κ1) is 10.4. The van der Waals surface area contributed by atoms with Crippen molar-refractivity contribution >= 4 is 5.78 Å². The van der Waals surface area contributed by atoms with Crippen LogP contribution in [-0.2, 0) is 4.74 Å². The molecule has 0 bridgehead atoms. The summed E-state index contributed by atoms with van der Waals surface area (Å²) in [5, 5.41) is 0. The molecule has 15 heavy (non-hydrogen) atoms. The molecular formula is C12H16O3. The third-order valence-electron chi connectivity index (χ3n) is 2.76. The number of ketones is 1. The highest BCUT2D eigenvalue weighted by Crippen LogP contribution is 2.18. The third kappa shape index (κ3) is 2.93. The molecule has 1 aliphatic heterocycles. The maximum absolute atomic E-state index is 11.6. The van der Waals surface area contributed by atoms with Crippen LogP contribution in [0.1, 0.15) is 42.7 Å². The van der Waals surface area contributed by atoms with E-state index in [9.17, 15) is 4.79 Å². The van der Waals surface area contributed by atoms with Crippen molar-refractivity contribution < 1.29 is 13.9 Å². The van der Waals surface area contributed by atoms with Gasteiger partial charge >= 0.3 is 0 Å². The van der Waals surface area contributed by atoms with Crippen molar-refractivity contribution in [3.8, 4) is 0 Å². The Labute approximate surface area is 89.4 Å². The quantitative estimate of drug-likeness (QED) is 0.714. The first-order chi connectivity index (χ1) is 7.36. The first-order valence-electron chi connectivity index (χ1n) is 5.54.